The Kier molecular flexibility index (Phi) is 7.50. The van der Waals surface area contributed by atoms with Gasteiger partial charge in [-0.25, -0.2) is 8.42 Å². The van der Waals surface area contributed by atoms with Crippen molar-refractivity contribution in [3.05, 3.63) is 35.4 Å². The zero-order valence-electron chi connectivity index (χ0n) is 13.3. The largest absolute Gasteiger partial charge is 0.383 e. The Bertz CT molecular complexity index is 570. The van der Waals surface area contributed by atoms with Gasteiger partial charge in [0.05, 0.1) is 19.3 Å². The van der Waals surface area contributed by atoms with Crippen molar-refractivity contribution in [1.29, 1.82) is 0 Å². The molecule has 1 amide bonds. The third kappa shape index (κ3) is 7.02. The molecule has 0 aliphatic carbocycles. The molecule has 0 saturated carbocycles. The Balaban J connectivity index is 2.40. The first-order valence-corrected chi connectivity index (χ1v) is 8.94. The summed E-state index contributed by atoms with van der Waals surface area (Å²) in [5, 5.41) is 2.74. The quantitative estimate of drug-likeness (QED) is 0.719. The zero-order chi connectivity index (χ0) is 16.6. The van der Waals surface area contributed by atoms with Gasteiger partial charge in [-0.15, -0.1) is 0 Å². The van der Waals surface area contributed by atoms with Gasteiger partial charge in [0.25, 0.3) is 0 Å². The van der Waals surface area contributed by atoms with Crippen molar-refractivity contribution in [1.82, 2.24) is 9.62 Å². The molecule has 1 aromatic carbocycles. The fourth-order valence-corrected chi connectivity index (χ4v) is 2.74. The van der Waals surface area contributed by atoms with E-state index in [1.807, 2.05) is 31.2 Å². The van der Waals surface area contributed by atoms with Crippen LogP contribution in [0, 0.1) is 6.92 Å². The lowest BCUT2D eigenvalue weighted by atomic mass is 10.1. The van der Waals surface area contributed by atoms with E-state index in [4.69, 9.17) is 4.74 Å². The van der Waals surface area contributed by atoms with E-state index >= 15 is 0 Å². The average Bonchev–Trinajstić information content (AvgIpc) is 2.43. The Labute approximate surface area is 132 Å². The molecule has 1 rings (SSSR count). The van der Waals surface area contributed by atoms with Crippen LogP contribution in [0.5, 0.6) is 0 Å². The lowest BCUT2D eigenvalue weighted by Gasteiger charge is -2.19. The Morgan fingerprint density at radius 1 is 1.23 bits per heavy atom. The molecule has 22 heavy (non-hydrogen) atoms. The highest BCUT2D eigenvalue weighted by Crippen LogP contribution is 2.03. The van der Waals surface area contributed by atoms with Crippen molar-refractivity contribution in [3.8, 4) is 0 Å². The number of methoxy groups -OCH3 is 1. The van der Waals surface area contributed by atoms with Gasteiger partial charge in [-0.3, -0.25) is 4.79 Å². The summed E-state index contributed by atoms with van der Waals surface area (Å²) < 4.78 is 29.4. The van der Waals surface area contributed by atoms with Gasteiger partial charge in [-0.1, -0.05) is 29.8 Å². The number of rotatable bonds is 9. The van der Waals surface area contributed by atoms with Crippen molar-refractivity contribution in [2.24, 2.45) is 0 Å². The number of aryl methyl sites for hydroxylation is 1. The first kappa shape index (κ1) is 18.6. The molecule has 0 spiro atoms. The summed E-state index contributed by atoms with van der Waals surface area (Å²) in [6, 6.07) is 7.74. The van der Waals surface area contributed by atoms with Crippen LogP contribution in [-0.4, -0.2) is 58.2 Å². The number of carbonyl (C=O) groups excluding carboxylic acids is 1. The number of nitrogens with zero attached hydrogens (tertiary/aromatic N) is 1. The lowest BCUT2D eigenvalue weighted by Crippen LogP contribution is -2.40. The van der Waals surface area contributed by atoms with E-state index in [0.717, 1.165) is 17.4 Å². The molecule has 0 heterocycles. The number of amides is 1. The molecule has 0 aliphatic rings. The van der Waals surface area contributed by atoms with Gasteiger partial charge >= 0.3 is 0 Å². The third-order valence-corrected chi connectivity index (χ3v) is 4.49. The monoisotopic (exact) mass is 328 g/mol. The highest BCUT2D eigenvalue weighted by atomic mass is 32.2. The number of benzene rings is 1. The first-order valence-electron chi connectivity index (χ1n) is 7.09. The van der Waals surface area contributed by atoms with Crippen LogP contribution in [0.15, 0.2) is 24.3 Å². The summed E-state index contributed by atoms with van der Waals surface area (Å²) in [6.45, 7) is 3.11. The molecule has 0 radical (unpaired) electrons. The second-order valence-corrected chi connectivity index (χ2v) is 7.15. The maximum atomic E-state index is 11.8. The van der Waals surface area contributed by atoms with Crippen molar-refractivity contribution < 1.29 is 17.9 Å². The number of nitrogens with one attached hydrogen (secondary N) is 1. The van der Waals surface area contributed by atoms with Crippen LogP contribution >= 0.6 is 0 Å². The first-order chi connectivity index (χ1) is 10.3. The minimum atomic E-state index is -3.30. The van der Waals surface area contributed by atoms with Gasteiger partial charge < -0.3 is 10.1 Å². The van der Waals surface area contributed by atoms with E-state index < -0.39 is 10.0 Å². The van der Waals surface area contributed by atoms with Crippen LogP contribution in [0.2, 0.25) is 0 Å². The van der Waals surface area contributed by atoms with Gasteiger partial charge in [-0.2, -0.15) is 4.31 Å². The standard InChI is InChI=1S/C15H24N2O4S/c1-13-4-6-14(7-5-13)12-15(18)16-8-9-17(10-11-21-2)22(3,19)20/h4-7H,8-12H2,1-3H3,(H,16,18). The van der Waals surface area contributed by atoms with Crippen molar-refractivity contribution in [2.45, 2.75) is 13.3 Å². The third-order valence-electron chi connectivity index (χ3n) is 3.18. The number of sulfonamides is 1. The van der Waals surface area contributed by atoms with Crippen LogP contribution in [0.3, 0.4) is 0 Å². The highest BCUT2D eigenvalue weighted by Gasteiger charge is 2.16. The lowest BCUT2D eigenvalue weighted by molar-refractivity contribution is -0.120. The minimum absolute atomic E-state index is 0.121. The van der Waals surface area contributed by atoms with Gasteiger partial charge in [0.1, 0.15) is 0 Å². The number of carbonyl (C=O) groups is 1. The van der Waals surface area contributed by atoms with Crippen LogP contribution in [0.1, 0.15) is 11.1 Å². The summed E-state index contributed by atoms with van der Waals surface area (Å²) >= 11 is 0. The fourth-order valence-electron chi connectivity index (χ4n) is 1.91. The summed E-state index contributed by atoms with van der Waals surface area (Å²) in [6.07, 6.45) is 1.44. The molecule has 0 fully saturated rings. The van der Waals surface area contributed by atoms with Crippen LogP contribution in [0.25, 0.3) is 0 Å². The van der Waals surface area contributed by atoms with Crippen molar-refractivity contribution in [2.75, 3.05) is 39.6 Å². The van der Waals surface area contributed by atoms with Crippen LogP contribution in [0.4, 0.5) is 0 Å². The summed E-state index contributed by atoms with van der Waals surface area (Å²) in [5.41, 5.74) is 2.08. The predicted octanol–water partition coefficient (Wildman–Crippen LogP) is 0.562. The van der Waals surface area contributed by atoms with E-state index in [9.17, 15) is 13.2 Å². The van der Waals surface area contributed by atoms with Crippen LogP contribution < -0.4 is 5.32 Å². The molecule has 0 atom stereocenters. The van der Waals surface area contributed by atoms with Gasteiger partial charge in [0, 0.05) is 26.7 Å². The van der Waals surface area contributed by atoms with Gasteiger partial charge in [-0.05, 0) is 12.5 Å². The number of hydrogen-bond donors (Lipinski definition) is 1. The highest BCUT2D eigenvalue weighted by molar-refractivity contribution is 7.88. The maximum absolute atomic E-state index is 11.8. The Morgan fingerprint density at radius 3 is 2.41 bits per heavy atom. The average molecular weight is 328 g/mol. The van der Waals surface area contributed by atoms with Crippen molar-refractivity contribution >= 4 is 15.9 Å². The molecule has 1 aromatic rings. The SMILES string of the molecule is COCCN(CCNC(=O)Cc1ccc(C)cc1)S(C)(=O)=O. The van der Waals surface area contributed by atoms with Crippen molar-refractivity contribution in [3.63, 3.8) is 0 Å². The van der Waals surface area contributed by atoms with Crippen LogP contribution in [-0.2, 0) is 26.0 Å². The fraction of sp³-hybridized carbons (Fsp3) is 0.533. The topological polar surface area (TPSA) is 75.7 Å². The molecular formula is C15H24N2O4S. The van der Waals surface area contributed by atoms with E-state index in [1.54, 1.807) is 0 Å². The Hall–Kier alpha value is -1.44. The maximum Gasteiger partial charge on any atom is 0.224 e. The molecule has 1 N–H and O–H groups in total. The smallest absolute Gasteiger partial charge is 0.224 e. The Morgan fingerprint density at radius 2 is 1.86 bits per heavy atom. The van der Waals surface area contributed by atoms with E-state index in [0.29, 0.717) is 6.61 Å². The summed E-state index contributed by atoms with van der Waals surface area (Å²) in [5.74, 6) is -0.121. The summed E-state index contributed by atoms with van der Waals surface area (Å²) in [7, 11) is -1.78. The molecule has 0 aromatic heterocycles. The van der Waals surface area contributed by atoms with E-state index in [2.05, 4.69) is 5.32 Å². The molecule has 0 aliphatic heterocycles. The normalized spacial score (nSPS) is 11.6. The van der Waals surface area contributed by atoms with E-state index in [1.165, 1.54) is 11.4 Å². The molecule has 0 saturated heterocycles. The second-order valence-electron chi connectivity index (χ2n) is 5.17. The van der Waals surface area contributed by atoms with E-state index in [-0.39, 0.29) is 32.0 Å². The predicted molar refractivity (Wildman–Crippen MR) is 86.2 cm³/mol. The molecule has 6 nitrogen and oxygen atoms in total. The van der Waals surface area contributed by atoms with Gasteiger partial charge in [0.15, 0.2) is 0 Å². The zero-order valence-corrected chi connectivity index (χ0v) is 14.1. The van der Waals surface area contributed by atoms with Gasteiger partial charge in [0.2, 0.25) is 15.9 Å². The number of hydrogen-bond acceptors (Lipinski definition) is 4. The summed E-state index contributed by atoms with van der Waals surface area (Å²) in [4.78, 5) is 11.8. The molecule has 0 bridgehead atoms. The number of ether oxygens (including phenoxy) is 1. The molecular weight excluding hydrogens is 304 g/mol. The molecule has 7 heteroatoms. The second kappa shape index (κ2) is 8.87. The molecule has 0 unspecified atom stereocenters. The minimum Gasteiger partial charge on any atom is -0.383 e. The molecule has 124 valence electrons.